The highest BCUT2D eigenvalue weighted by atomic mass is 33.1. The summed E-state index contributed by atoms with van der Waals surface area (Å²) in [7, 11) is 17.7. The van der Waals surface area contributed by atoms with E-state index < -0.39 is 0 Å². The molecule has 0 N–H and O–H groups in total. The summed E-state index contributed by atoms with van der Waals surface area (Å²) in [6.45, 7) is 24.3. The zero-order valence-corrected chi connectivity index (χ0v) is 94.1. The smallest absolute Gasteiger partial charge is 0.308 e. The molecule has 26 heteroatoms. The third-order valence-corrected chi connectivity index (χ3v) is 35.2. The van der Waals surface area contributed by atoms with Gasteiger partial charge in [-0.1, -0.05) is 347 Å². The van der Waals surface area contributed by atoms with Gasteiger partial charge in [0.25, 0.3) is 0 Å². The van der Waals surface area contributed by atoms with Crippen LogP contribution in [0.5, 0.6) is 0 Å². The molecule has 0 aromatic rings. The van der Waals surface area contributed by atoms with Crippen LogP contribution in [0.4, 0.5) is 0 Å². The number of ether oxygens (including phenoxy) is 7. The topological polar surface area (TPSA) is 211 Å². The molecule has 4 unspecified atom stereocenters. The lowest BCUT2D eigenvalue weighted by molar-refractivity contribution is -0.152. The average molecular weight is 2040 g/mol. The van der Waals surface area contributed by atoms with Crippen molar-refractivity contribution in [2.24, 2.45) is 23.7 Å². The number of nitrogens with zero attached hydrogens (tertiary/aromatic N) is 3. The maximum atomic E-state index is 14.4. The van der Waals surface area contributed by atoms with E-state index in [0.717, 1.165) is 253 Å². The molecule has 0 amide bonds. The van der Waals surface area contributed by atoms with Crippen molar-refractivity contribution in [1.82, 2.24) is 14.7 Å². The van der Waals surface area contributed by atoms with E-state index in [-0.39, 0.29) is 98.5 Å². The van der Waals surface area contributed by atoms with Crippen molar-refractivity contribution in [3.05, 3.63) is 0 Å². The molecule has 18 nitrogen and oxygen atoms in total. The minimum absolute atomic E-state index is 0.145. The summed E-state index contributed by atoms with van der Waals surface area (Å²) in [5, 5.41) is 0. The fourth-order valence-corrected chi connectivity index (χ4v) is 25.3. The first kappa shape index (κ1) is 133. The molecule has 0 fully saturated rings. The quantitative estimate of drug-likeness (QED) is 0.0240. The Hall–Kier alpha value is -1.36. The minimum Gasteiger partial charge on any atom is -0.466 e. The third-order valence-electron chi connectivity index (χ3n) is 24.9. The van der Waals surface area contributed by atoms with E-state index in [4.69, 9.17) is 33.2 Å². The number of unbranched alkanes of at least 4 members (excludes halogenated alkanes) is 33. The van der Waals surface area contributed by atoms with Crippen molar-refractivity contribution in [1.29, 1.82) is 0 Å². The maximum absolute atomic E-state index is 14.4. The molecule has 0 heterocycles. The summed E-state index contributed by atoms with van der Waals surface area (Å²) < 4.78 is 42.2. The van der Waals surface area contributed by atoms with Crippen LogP contribution < -0.4 is 0 Å². The number of ketones is 1. The molecule has 0 saturated heterocycles. The van der Waals surface area contributed by atoms with Crippen molar-refractivity contribution >= 4 is 134 Å². The lowest BCUT2D eigenvalue weighted by atomic mass is 9.95. The molecule has 4 atom stereocenters. The van der Waals surface area contributed by atoms with E-state index in [1.165, 1.54) is 134 Å². The van der Waals surface area contributed by atoms with E-state index >= 15 is 0 Å². The molecule has 0 aliphatic heterocycles. The van der Waals surface area contributed by atoms with Gasteiger partial charge in [-0.2, -0.15) is 0 Å². The predicted octanol–water partition coefficient (Wildman–Crippen LogP) is 31.0. The molecule has 0 spiro atoms. The Morgan fingerprint density at radius 2 is 0.396 bits per heavy atom. The second kappa shape index (κ2) is 106. The highest BCUT2D eigenvalue weighted by Gasteiger charge is 2.26. The zero-order chi connectivity index (χ0) is 97.8. The van der Waals surface area contributed by atoms with Crippen LogP contribution in [0, 0.1) is 23.7 Å². The molecule has 0 aliphatic carbocycles. The average Bonchev–Trinajstić information content (AvgIpc) is 0.942. The van der Waals surface area contributed by atoms with Gasteiger partial charge in [-0.3, -0.25) is 48.2 Å². The van der Waals surface area contributed by atoms with Gasteiger partial charge in [-0.25, -0.2) is 0 Å². The van der Waals surface area contributed by atoms with Gasteiger partial charge in [-0.15, -0.1) is 0 Å². The molecule has 0 rings (SSSR count). The second-order valence-electron chi connectivity index (χ2n) is 37.5. The van der Waals surface area contributed by atoms with Crippen molar-refractivity contribution < 1.29 is 71.5 Å². The number of rotatable bonds is 109. The summed E-state index contributed by atoms with van der Waals surface area (Å²) in [4.78, 5) is 115. The van der Waals surface area contributed by atoms with Crippen LogP contribution in [0.2, 0.25) is 0 Å². The third kappa shape index (κ3) is 91.8. The van der Waals surface area contributed by atoms with Crippen LogP contribution in [-0.2, 0) is 71.5 Å². The standard InChI is InChI=1S/C108H205N3O15S8/c1-10-18-26-34-41-72-103(114)121-83-57-67-99(65-46-55-95-133-129-91-51-32-24-16-7)107(118)125-87-80-110(78-85-123-105(116)97(63-44-53-93-131-127-89-49-30-22-14-5)61-37-36-39-70-101(112)69-38-28-20-12-3)76-59-74-109(9)75-60-77-111(79-86-124-106(117)98(64-45-54-94-132-128-90-50-31-23-15-6)62-43-48-82-120-102(113)71-40-29-21-13-4)81-88-126-108(119)100(66-47-56-96-134-130-92-52-33-25-17-8)68-58-84-122-104(115)73-42-35-27-19-11-2/h97-100H,10-96H2,1-9H3. The Morgan fingerprint density at radius 1 is 0.194 bits per heavy atom. The van der Waals surface area contributed by atoms with Crippen LogP contribution in [0.3, 0.4) is 0 Å². The Labute approximate surface area is 855 Å². The number of hydrogen-bond acceptors (Lipinski definition) is 26. The van der Waals surface area contributed by atoms with Gasteiger partial charge in [0.2, 0.25) is 0 Å². The molecule has 0 bridgehead atoms. The highest BCUT2D eigenvalue weighted by Crippen LogP contribution is 2.32. The van der Waals surface area contributed by atoms with Crippen molar-refractivity contribution in [3.8, 4) is 0 Å². The van der Waals surface area contributed by atoms with Gasteiger partial charge < -0.3 is 38.1 Å². The number of carbonyl (C=O) groups excluding carboxylic acids is 8. The van der Waals surface area contributed by atoms with E-state index in [0.29, 0.717) is 142 Å². The van der Waals surface area contributed by atoms with E-state index in [1.807, 2.05) is 86.4 Å². The summed E-state index contributed by atoms with van der Waals surface area (Å²) in [6.07, 6.45) is 62.1. The van der Waals surface area contributed by atoms with Gasteiger partial charge in [0.15, 0.2) is 0 Å². The summed E-state index contributed by atoms with van der Waals surface area (Å²) in [6, 6.07) is 0. The SMILES string of the molecule is CCCCCCCC(=O)OCCCC(CCCCSSCCCCCC)C(=O)OCCN(CCCN(C)CCCN(CCOC(=O)C(CCCCOC(=O)CCCCCC)CCCCSSCCCCCC)CCOC(=O)C(CCCCSSCCCCCC)CCCOC(=O)CCCCCCC)CCOC(=O)C(CCCCCC(=O)CCCCCC)CCCCSSCCCCCC. The Kier molecular flexibility index (Phi) is 105. The molecular formula is C108H205N3O15S8. The maximum Gasteiger partial charge on any atom is 0.308 e. The Morgan fingerprint density at radius 3 is 0.664 bits per heavy atom. The number of Topliss-reactive ketones (excluding diaryl/α,β-unsaturated/α-hetero) is 1. The normalized spacial score (nSPS) is 12.5. The van der Waals surface area contributed by atoms with Crippen molar-refractivity contribution in [2.45, 2.75) is 466 Å². The van der Waals surface area contributed by atoms with Gasteiger partial charge in [-0.05, 0) is 207 Å². The lowest BCUT2D eigenvalue weighted by Gasteiger charge is -2.26. The summed E-state index contributed by atoms with van der Waals surface area (Å²) in [5.74, 6) is 6.86. The van der Waals surface area contributed by atoms with Crippen LogP contribution in [-0.4, -0.2) is 214 Å². The van der Waals surface area contributed by atoms with Crippen molar-refractivity contribution in [2.75, 3.05) is 152 Å². The minimum atomic E-state index is -0.314. The molecule has 0 saturated carbocycles. The number of hydrogen-bond donors (Lipinski definition) is 0. The van der Waals surface area contributed by atoms with Crippen LogP contribution >= 0.6 is 86.4 Å². The summed E-state index contributed by atoms with van der Waals surface area (Å²) in [5.41, 5.74) is 0. The first-order valence-electron chi connectivity index (χ1n) is 55.4. The predicted molar refractivity (Wildman–Crippen MR) is 587 cm³/mol. The van der Waals surface area contributed by atoms with Gasteiger partial charge in [0.1, 0.15) is 32.2 Å². The largest absolute Gasteiger partial charge is 0.466 e. The van der Waals surface area contributed by atoms with E-state index in [9.17, 15) is 38.4 Å². The second-order valence-corrected chi connectivity index (χ2v) is 48.3. The molecule has 0 aliphatic rings. The zero-order valence-electron chi connectivity index (χ0n) is 87.6. The van der Waals surface area contributed by atoms with Crippen LogP contribution in [0.1, 0.15) is 466 Å². The fourth-order valence-electron chi connectivity index (χ4n) is 16.2. The fraction of sp³-hybridized carbons (Fsp3) is 0.926. The molecular weight excluding hydrogens is 1840 g/mol. The van der Waals surface area contributed by atoms with E-state index in [1.54, 1.807) is 0 Å². The number of esters is 7. The molecule has 0 radical (unpaired) electrons. The lowest BCUT2D eigenvalue weighted by Crippen LogP contribution is -2.36. The molecule has 0 aromatic heterocycles. The van der Waals surface area contributed by atoms with Crippen LogP contribution in [0.25, 0.3) is 0 Å². The number of carbonyl (C=O) groups is 8. The van der Waals surface area contributed by atoms with Gasteiger partial charge >= 0.3 is 41.8 Å². The first-order valence-corrected chi connectivity index (χ1v) is 65.3. The van der Waals surface area contributed by atoms with Gasteiger partial charge in [0, 0.05) is 104 Å². The first-order chi connectivity index (χ1) is 65.6. The monoisotopic (exact) mass is 2040 g/mol. The molecule has 134 heavy (non-hydrogen) atoms. The van der Waals surface area contributed by atoms with Gasteiger partial charge in [0.05, 0.1) is 43.5 Å². The van der Waals surface area contributed by atoms with Crippen molar-refractivity contribution in [3.63, 3.8) is 0 Å². The Balaban J connectivity index is 7.09. The summed E-state index contributed by atoms with van der Waals surface area (Å²) >= 11 is 0. The molecule has 790 valence electrons. The highest BCUT2D eigenvalue weighted by molar-refractivity contribution is 8.77. The molecule has 0 aromatic carbocycles. The van der Waals surface area contributed by atoms with Crippen LogP contribution in [0.15, 0.2) is 0 Å². The Bertz CT molecular complexity index is 2460. The van der Waals surface area contributed by atoms with E-state index in [2.05, 4.69) is 77.1 Å².